The molecule has 29 heavy (non-hydrogen) atoms. The van der Waals surface area contributed by atoms with Gasteiger partial charge >= 0.3 is 0 Å². The lowest BCUT2D eigenvalue weighted by Gasteiger charge is -2.36. The highest BCUT2D eigenvalue weighted by Gasteiger charge is 2.32. The van der Waals surface area contributed by atoms with E-state index in [-0.39, 0.29) is 5.56 Å². The molecule has 1 aromatic rings. The van der Waals surface area contributed by atoms with E-state index in [4.69, 9.17) is 0 Å². The highest BCUT2D eigenvalue weighted by molar-refractivity contribution is 7.86. The molecule has 4 rings (SSSR count). The Hall–Kier alpha value is -1.29. The van der Waals surface area contributed by atoms with Gasteiger partial charge in [0.25, 0.3) is 15.8 Å². The van der Waals surface area contributed by atoms with Crippen LogP contribution in [0.25, 0.3) is 0 Å². The minimum atomic E-state index is -3.34. The number of nitrogens with zero attached hydrogens (tertiary/aromatic N) is 5. The number of hydrogen-bond acceptors (Lipinski definition) is 5. The molecule has 8 nitrogen and oxygen atoms in total. The quantitative estimate of drug-likeness (QED) is 0.702. The maximum Gasteiger partial charge on any atom is 0.282 e. The number of hydrogen-bond donors (Lipinski definition) is 0. The summed E-state index contributed by atoms with van der Waals surface area (Å²) in [5.41, 5.74) is 2.17. The van der Waals surface area contributed by atoms with E-state index in [1.165, 1.54) is 0 Å². The monoisotopic (exact) mass is 423 g/mol. The van der Waals surface area contributed by atoms with Crippen LogP contribution in [0.3, 0.4) is 0 Å². The van der Waals surface area contributed by atoms with Crippen LogP contribution in [0.15, 0.2) is 10.9 Å². The fourth-order valence-electron chi connectivity index (χ4n) is 4.62. The highest BCUT2D eigenvalue weighted by Crippen LogP contribution is 2.18. The van der Waals surface area contributed by atoms with Crippen molar-refractivity contribution in [3.63, 3.8) is 0 Å². The summed E-state index contributed by atoms with van der Waals surface area (Å²) in [6.45, 7) is 5.02. The van der Waals surface area contributed by atoms with Gasteiger partial charge in [0.15, 0.2) is 0 Å². The van der Waals surface area contributed by atoms with E-state index in [1.54, 1.807) is 19.4 Å². The fourth-order valence-corrected chi connectivity index (χ4v) is 6.29. The third-order valence-electron chi connectivity index (χ3n) is 6.45. The molecule has 0 amide bonds. The molecular formula is C20H33N5O3S. The van der Waals surface area contributed by atoms with Gasteiger partial charge in [0.1, 0.15) is 0 Å². The largest absolute Gasteiger partial charge is 0.299 e. The van der Waals surface area contributed by atoms with Gasteiger partial charge in [-0.1, -0.05) is 12.8 Å². The smallest absolute Gasteiger partial charge is 0.282 e. The number of aromatic nitrogens is 2. The third kappa shape index (κ3) is 4.90. The van der Waals surface area contributed by atoms with Crippen molar-refractivity contribution in [2.45, 2.75) is 57.9 Å². The minimum absolute atomic E-state index is 0.0203. The number of rotatable bonds is 5. The summed E-state index contributed by atoms with van der Waals surface area (Å²) < 4.78 is 30.8. The summed E-state index contributed by atoms with van der Waals surface area (Å²) in [5, 5.41) is 4.59. The molecule has 2 saturated heterocycles. The molecule has 0 unspecified atom stereocenters. The Morgan fingerprint density at radius 3 is 2.17 bits per heavy atom. The van der Waals surface area contributed by atoms with Gasteiger partial charge in [0.05, 0.1) is 12.2 Å². The van der Waals surface area contributed by atoms with Gasteiger partial charge in [-0.15, -0.1) is 0 Å². The van der Waals surface area contributed by atoms with Crippen molar-refractivity contribution in [3.8, 4) is 0 Å². The Morgan fingerprint density at radius 2 is 1.45 bits per heavy atom. The SMILES string of the molecule is O=c1cc2c(nn1CCN1CCN(S(=O)(=O)N3CCCCCC3)CC1)CCCC2. The van der Waals surface area contributed by atoms with Crippen LogP contribution in [-0.2, 0) is 29.6 Å². The number of aryl methyl sites for hydroxylation is 2. The Kier molecular flexibility index (Phi) is 6.68. The molecule has 1 aliphatic carbocycles. The van der Waals surface area contributed by atoms with Crippen LogP contribution in [0.4, 0.5) is 0 Å². The van der Waals surface area contributed by atoms with Crippen molar-refractivity contribution in [2.24, 2.45) is 0 Å². The molecule has 0 N–H and O–H groups in total. The van der Waals surface area contributed by atoms with E-state index in [9.17, 15) is 13.2 Å². The molecule has 0 saturated carbocycles. The molecule has 0 bridgehead atoms. The first-order valence-corrected chi connectivity index (χ1v) is 12.5. The summed E-state index contributed by atoms with van der Waals surface area (Å²) in [6, 6.07) is 1.76. The summed E-state index contributed by atoms with van der Waals surface area (Å²) in [4.78, 5) is 14.6. The van der Waals surface area contributed by atoms with Crippen molar-refractivity contribution >= 4 is 10.2 Å². The van der Waals surface area contributed by atoms with E-state index in [2.05, 4.69) is 10.00 Å². The average Bonchev–Trinajstić information content (AvgIpc) is 3.03. The molecule has 2 aliphatic heterocycles. The lowest BCUT2D eigenvalue weighted by Crippen LogP contribution is -2.53. The lowest BCUT2D eigenvalue weighted by molar-refractivity contribution is 0.173. The Bertz CT molecular complexity index is 853. The van der Waals surface area contributed by atoms with Gasteiger partial charge in [0.2, 0.25) is 0 Å². The zero-order valence-electron chi connectivity index (χ0n) is 17.3. The van der Waals surface area contributed by atoms with E-state index >= 15 is 0 Å². The van der Waals surface area contributed by atoms with Gasteiger partial charge in [-0.05, 0) is 44.1 Å². The van der Waals surface area contributed by atoms with Gasteiger partial charge in [-0.3, -0.25) is 9.69 Å². The Labute approximate surface area is 173 Å². The highest BCUT2D eigenvalue weighted by atomic mass is 32.2. The van der Waals surface area contributed by atoms with E-state index in [0.29, 0.717) is 45.8 Å². The van der Waals surface area contributed by atoms with Crippen LogP contribution in [0.1, 0.15) is 49.8 Å². The molecular weight excluding hydrogens is 390 g/mol. The molecule has 1 aromatic heterocycles. The van der Waals surface area contributed by atoms with Crippen molar-refractivity contribution in [1.82, 2.24) is 23.3 Å². The van der Waals surface area contributed by atoms with Crippen LogP contribution in [0.5, 0.6) is 0 Å². The Morgan fingerprint density at radius 1 is 0.793 bits per heavy atom. The zero-order valence-corrected chi connectivity index (χ0v) is 18.1. The van der Waals surface area contributed by atoms with Crippen molar-refractivity contribution in [3.05, 3.63) is 27.7 Å². The van der Waals surface area contributed by atoms with Gasteiger partial charge in [-0.2, -0.15) is 22.1 Å². The maximum atomic E-state index is 12.9. The molecule has 0 atom stereocenters. The van der Waals surface area contributed by atoms with Crippen LogP contribution >= 0.6 is 0 Å². The summed E-state index contributed by atoms with van der Waals surface area (Å²) in [6.07, 6.45) is 8.37. The van der Waals surface area contributed by atoms with E-state index in [0.717, 1.165) is 69.2 Å². The first kappa shape index (κ1) is 21.0. The second-order valence-corrected chi connectivity index (χ2v) is 10.4. The lowest BCUT2D eigenvalue weighted by atomic mass is 9.97. The molecule has 2 fully saturated rings. The zero-order chi connectivity index (χ0) is 20.3. The predicted molar refractivity (Wildman–Crippen MR) is 112 cm³/mol. The molecule has 0 spiro atoms. The van der Waals surface area contributed by atoms with Gasteiger partial charge in [0, 0.05) is 51.9 Å². The van der Waals surface area contributed by atoms with E-state index in [1.807, 2.05) is 0 Å². The molecule has 0 aromatic carbocycles. The second-order valence-electron chi connectivity index (χ2n) is 8.45. The first-order chi connectivity index (χ1) is 14.0. The average molecular weight is 424 g/mol. The van der Waals surface area contributed by atoms with Crippen molar-refractivity contribution in [1.29, 1.82) is 0 Å². The standard InChI is InChI=1S/C20H33N5O3S/c26-20-17-18-7-3-4-8-19(18)21-25(20)16-13-22-11-14-24(15-12-22)29(27,28)23-9-5-1-2-6-10-23/h17H,1-16H2. The van der Waals surface area contributed by atoms with Crippen LogP contribution < -0.4 is 5.56 Å². The van der Waals surface area contributed by atoms with Gasteiger partial charge in [-0.25, -0.2) is 4.68 Å². The van der Waals surface area contributed by atoms with Crippen LogP contribution in [0, 0.1) is 0 Å². The predicted octanol–water partition coefficient (Wildman–Crippen LogP) is 0.861. The maximum absolute atomic E-state index is 12.9. The Balaban J connectivity index is 1.31. The molecule has 162 valence electrons. The summed E-state index contributed by atoms with van der Waals surface area (Å²) in [7, 11) is -3.34. The number of fused-ring (bicyclic) bond motifs is 1. The van der Waals surface area contributed by atoms with Gasteiger partial charge < -0.3 is 0 Å². The van der Waals surface area contributed by atoms with Crippen molar-refractivity contribution in [2.75, 3.05) is 45.8 Å². The normalized spacial score (nSPS) is 22.9. The topological polar surface area (TPSA) is 78.8 Å². The molecule has 3 heterocycles. The number of piperazine rings is 1. The van der Waals surface area contributed by atoms with E-state index < -0.39 is 10.2 Å². The van der Waals surface area contributed by atoms with Crippen LogP contribution in [-0.4, -0.2) is 77.5 Å². The molecule has 3 aliphatic rings. The summed E-state index contributed by atoms with van der Waals surface area (Å²) in [5.74, 6) is 0. The fraction of sp³-hybridized carbons (Fsp3) is 0.800. The minimum Gasteiger partial charge on any atom is -0.299 e. The third-order valence-corrected chi connectivity index (χ3v) is 8.49. The van der Waals surface area contributed by atoms with Crippen LogP contribution in [0.2, 0.25) is 0 Å². The first-order valence-electron chi connectivity index (χ1n) is 11.1. The molecule has 0 radical (unpaired) electrons. The second kappa shape index (κ2) is 9.24. The summed E-state index contributed by atoms with van der Waals surface area (Å²) >= 11 is 0. The van der Waals surface area contributed by atoms with Crippen molar-refractivity contribution < 1.29 is 8.42 Å². The molecule has 9 heteroatoms.